The highest BCUT2D eigenvalue weighted by Gasteiger charge is 2.12. The summed E-state index contributed by atoms with van der Waals surface area (Å²) in [6, 6.07) is 20.3. The van der Waals surface area contributed by atoms with Gasteiger partial charge in [-0.25, -0.2) is 0 Å². The van der Waals surface area contributed by atoms with E-state index in [1.54, 1.807) is 31.4 Å². The van der Waals surface area contributed by atoms with E-state index >= 15 is 0 Å². The van der Waals surface area contributed by atoms with E-state index in [-0.39, 0.29) is 12.2 Å². The van der Waals surface area contributed by atoms with Gasteiger partial charge in [-0.05, 0) is 66.4 Å². The third kappa shape index (κ3) is 7.39. The molecule has 7 nitrogen and oxygen atoms in total. The number of allylic oxidation sites excluding steroid dienone is 1. The van der Waals surface area contributed by atoms with Crippen molar-refractivity contribution < 1.29 is 23.7 Å². The topological polar surface area (TPSA) is 89.8 Å². The number of para-hydroxylation sites is 1. The van der Waals surface area contributed by atoms with E-state index in [1.807, 2.05) is 55.5 Å². The molecule has 0 bridgehead atoms. The van der Waals surface area contributed by atoms with Gasteiger partial charge in [-0.1, -0.05) is 36.4 Å². The summed E-state index contributed by atoms with van der Waals surface area (Å²) >= 11 is 0. The number of nitrogens with one attached hydrogen (secondary N) is 1. The molecule has 190 valence electrons. The van der Waals surface area contributed by atoms with Crippen LogP contribution < -0.4 is 24.3 Å². The lowest BCUT2D eigenvalue weighted by atomic mass is 10.1. The van der Waals surface area contributed by atoms with Gasteiger partial charge in [0.25, 0.3) is 5.91 Å². The molecule has 0 spiro atoms. The van der Waals surface area contributed by atoms with Gasteiger partial charge in [0.05, 0.1) is 14.2 Å². The van der Waals surface area contributed by atoms with E-state index in [2.05, 4.69) is 11.9 Å². The molecule has 0 radical (unpaired) electrons. The zero-order valence-corrected chi connectivity index (χ0v) is 21.2. The predicted molar refractivity (Wildman–Crippen MR) is 144 cm³/mol. The van der Waals surface area contributed by atoms with Crippen molar-refractivity contribution in [1.29, 1.82) is 5.26 Å². The Bertz CT molecular complexity index is 1320. The zero-order valence-electron chi connectivity index (χ0n) is 21.2. The van der Waals surface area contributed by atoms with Gasteiger partial charge >= 0.3 is 0 Å². The second kappa shape index (κ2) is 13.4. The quantitative estimate of drug-likeness (QED) is 0.148. The molecule has 0 aliphatic heterocycles. The Kier molecular flexibility index (Phi) is 9.74. The highest BCUT2D eigenvalue weighted by atomic mass is 16.5. The largest absolute Gasteiger partial charge is 0.493 e. The van der Waals surface area contributed by atoms with Gasteiger partial charge in [0.2, 0.25) is 0 Å². The molecule has 0 saturated heterocycles. The maximum absolute atomic E-state index is 12.6. The second-order valence-electron chi connectivity index (χ2n) is 8.02. The van der Waals surface area contributed by atoms with Crippen LogP contribution in [0.15, 0.2) is 78.9 Å². The monoisotopic (exact) mass is 498 g/mol. The van der Waals surface area contributed by atoms with Crippen LogP contribution in [-0.4, -0.2) is 33.3 Å². The average Bonchev–Trinajstić information content (AvgIpc) is 2.91. The van der Waals surface area contributed by atoms with Crippen LogP contribution in [0.3, 0.4) is 0 Å². The molecule has 3 rings (SSSR count). The molecule has 0 fully saturated rings. The number of ether oxygens (including phenoxy) is 4. The third-order valence-corrected chi connectivity index (χ3v) is 5.46. The fourth-order valence-corrected chi connectivity index (χ4v) is 3.54. The summed E-state index contributed by atoms with van der Waals surface area (Å²) in [5, 5.41) is 12.3. The van der Waals surface area contributed by atoms with E-state index in [0.717, 1.165) is 17.5 Å². The molecule has 0 aromatic heterocycles. The number of nitriles is 1. The molecular formula is C30H30N2O5. The second-order valence-corrected chi connectivity index (χ2v) is 8.02. The minimum absolute atomic E-state index is 0.0274. The van der Waals surface area contributed by atoms with Crippen molar-refractivity contribution >= 4 is 17.7 Å². The number of rotatable bonds is 12. The number of aryl methyl sites for hydroxylation is 1. The molecule has 0 heterocycles. The highest BCUT2D eigenvalue weighted by molar-refractivity contribution is 6.10. The fraction of sp³-hybridized carbons (Fsp3) is 0.200. The SMILES string of the molecule is C=CCc1ccc(OCCOc2ccc(/C=C(\C#N)C(=O)Nc3ccccc3C)cc2OC)c(OC)c1. The van der Waals surface area contributed by atoms with Crippen molar-refractivity contribution in [3.05, 3.63) is 95.6 Å². The number of carbonyl (C=O) groups excluding carboxylic acids is 1. The van der Waals surface area contributed by atoms with E-state index in [1.165, 1.54) is 13.2 Å². The smallest absolute Gasteiger partial charge is 0.266 e. The molecule has 7 heteroatoms. The molecule has 0 unspecified atom stereocenters. The summed E-state index contributed by atoms with van der Waals surface area (Å²) in [7, 11) is 3.12. The van der Waals surface area contributed by atoms with E-state index in [4.69, 9.17) is 18.9 Å². The van der Waals surface area contributed by atoms with E-state index in [0.29, 0.717) is 40.9 Å². The van der Waals surface area contributed by atoms with E-state index in [9.17, 15) is 10.1 Å². The first-order valence-corrected chi connectivity index (χ1v) is 11.7. The van der Waals surface area contributed by atoms with Gasteiger partial charge < -0.3 is 24.3 Å². The minimum Gasteiger partial charge on any atom is -0.493 e. The number of methoxy groups -OCH3 is 2. The zero-order chi connectivity index (χ0) is 26.6. The lowest BCUT2D eigenvalue weighted by molar-refractivity contribution is -0.112. The molecule has 0 aliphatic rings. The van der Waals surface area contributed by atoms with Crippen LogP contribution >= 0.6 is 0 Å². The van der Waals surface area contributed by atoms with Crippen LogP contribution in [0.1, 0.15) is 16.7 Å². The first kappa shape index (κ1) is 26.9. The summed E-state index contributed by atoms with van der Waals surface area (Å²) in [6.07, 6.45) is 4.09. The number of carbonyl (C=O) groups is 1. The summed E-state index contributed by atoms with van der Waals surface area (Å²) in [4.78, 5) is 12.6. The van der Waals surface area contributed by atoms with Gasteiger partial charge in [-0.3, -0.25) is 4.79 Å². The first-order valence-electron chi connectivity index (χ1n) is 11.7. The lowest BCUT2D eigenvalue weighted by Crippen LogP contribution is -2.14. The lowest BCUT2D eigenvalue weighted by Gasteiger charge is -2.14. The maximum Gasteiger partial charge on any atom is 0.266 e. The Labute approximate surface area is 217 Å². The molecule has 0 atom stereocenters. The molecule has 1 amide bonds. The van der Waals surface area contributed by atoms with E-state index < -0.39 is 5.91 Å². The Morgan fingerprint density at radius 3 is 2.22 bits per heavy atom. The molecule has 0 aliphatic carbocycles. The van der Waals surface area contributed by atoms with Crippen LogP contribution in [0.4, 0.5) is 5.69 Å². The molecule has 37 heavy (non-hydrogen) atoms. The molecule has 3 aromatic carbocycles. The summed E-state index contributed by atoms with van der Waals surface area (Å²) in [5.41, 5.74) is 3.24. The van der Waals surface area contributed by atoms with Gasteiger partial charge in [-0.2, -0.15) is 5.26 Å². The Morgan fingerprint density at radius 2 is 1.59 bits per heavy atom. The van der Waals surface area contributed by atoms with Gasteiger partial charge in [0.15, 0.2) is 23.0 Å². The predicted octanol–water partition coefficient (Wildman–Crippen LogP) is 5.74. The number of anilines is 1. The van der Waals surface area contributed by atoms with Gasteiger partial charge in [0, 0.05) is 5.69 Å². The number of hydrogen-bond donors (Lipinski definition) is 1. The van der Waals surface area contributed by atoms with Gasteiger partial charge in [-0.15, -0.1) is 6.58 Å². The molecule has 1 N–H and O–H groups in total. The van der Waals surface area contributed by atoms with Crippen molar-refractivity contribution in [2.45, 2.75) is 13.3 Å². The van der Waals surface area contributed by atoms with Crippen molar-refractivity contribution in [3.63, 3.8) is 0 Å². The van der Waals surface area contributed by atoms with Crippen LogP contribution in [0.2, 0.25) is 0 Å². The van der Waals surface area contributed by atoms with Crippen molar-refractivity contribution in [3.8, 4) is 29.1 Å². The highest BCUT2D eigenvalue weighted by Crippen LogP contribution is 2.30. The van der Waals surface area contributed by atoms with Crippen LogP contribution in [0.25, 0.3) is 6.08 Å². The number of benzene rings is 3. The summed E-state index contributed by atoms with van der Waals surface area (Å²) < 4.78 is 22.5. The summed E-state index contributed by atoms with van der Waals surface area (Å²) in [6.45, 7) is 6.20. The van der Waals surface area contributed by atoms with Crippen LogP contribution in [0.5, 0.6) is 23.0 Å². The Hall–Kier alpha value is -4.70. The Balaban J connectivity index is 1.63. The Morgan fingerprint density at radius 1 is 0.946 bits per heavy atom. The maximum atomic E-state index is 12.6. The minimum atomic E-state index is -0.485. The average molecular weight is 499 g/mol. The number of hydrogen-bond acceptors (Lipinski definition) is 6. The van der Waals surface area contributed by atoms with Crippen LogP contribution in [0, 0.1) is 18.3 Å². The van der Waals surface area contributed by atoms with Crippen molar-refractivity contribution in [2.75, 3.05) is 32.8 Å². The molecular weight excluding hydrogens is 468 g/mol. The standard InChI is InChI=1S/C30H30N2O5/c1-5-8-22-11-13-26(28(18-22)34-3)36-15-16-37-27-14-12-23(19-29(27)35-4)17-24(20-31)30(33)32-25-10-7-6-9-21(25)2/h5-7,9-14,17-19H,1,8,15-16H2,2-4H3,(H,32,33)/b24-17+. The third-order valence-electron chi connectivity index (χ3n) is 5.46. The van der Waals surface area contributed by atoms with Crippen molar-refractivity contribution in [2.24, 2.45) is 0 Å². The molecule has 3 aromatic rings. The first-order chi connectivity index (χ1) is 18.0. The van der Waals surface area contributed by atoms with Gasteiger partial charge in [0.1, 0.15) is 24.9 Å². The number of amides is 1. The number of nitrogens with zero attached hydrogens (tertiary/aromatic N) is 1. The normalized spacial score (nSPS) is 10.7. The fourth-order valence-electron chi connectivity index (χ4n) is 3.54. The summed E-state index contributed by atoms with van der Waals surface area (Å²) in [5.74, 6) is 1.77. The molecule has 0 saturated carbocycles. The van der Waals surface area contributed by atoms with Crippen LogP contribution in [-0.2, 0) is 11.2 Å². The van der Waals surface area contributed by atoms with Crippen molar-refractivity contribution in [1.82, 2.24) is 0 Å².